The van der Waals surface area contributed by atoms with E-state index in [1.807, 2.05) is 25.1 Å². The average Bonchev–Trinajstić information content (AvgIpc) is 3.26. The first kappa shape index (κ1) is 20.3. The first-order valence-electron chi connectivity index (χ1n) is 10.6. The van der Waals surface area contributed by atoms with E-state index in [0.29, 0.717) is 25.3 Å². The Bertz CT molecular complexity index is 917. The highest BCUT2D eigenvalue weighted by Crippen LogP contribution is 2.43. The molecule has 30 heavy (non-hydrogen) atoms. The van der Waals surface area contributed by atoms with E-state index in [1.165, 1.54) is 5.56 Å². The molecule has 6 nitrogen and oxygen atoms in total. The molecule has 0 spiro atoms. The van der Waals surface area contributed by atoms with Gasteiger partial charge in [-0.25, -0.2) is 0 Å². The molecule has 0 unspecified atom stereocenters. The molecule has 1 heterocycles. The van der Waals surface area contributed by atoms with Crippen molar-refractivity contribution >= 4 is 11.8 Å². The lowest BCUT2D eigenvalue weighted by molar-refractivity contribution is -0.120. The van der Waals surface area contributed by atoms with Gasteiger partial charge < -0.3 is 20.1 Å². The van der Waals surface area contributed by atoms with Crippen LogP contribution in [0.3, 0.4) is 0 Å². The van der Waals surface area contributed by atoms with E-state index in [9.17, 15) is 9.59 Å². The van der Waals surface area contributed by atoms with E-state index in [-0.39, 0.29) is 23.8 Å². The molecule has 2 aliphatic rings. The summed E-state index contributed by atoms with van der Waals surface area (Å²) in [7, 11) is 0. The third-order valence-corrected chi connectivity index (χ3v) is 6.06. The van der Waals surface area contributed by atoms with Crippen molar-refractivity contribution in [1.82, 2.24) is 10.6 Å². The van der Waals surface area contributed by atoms with Gasteiger partial charge in [0.1, 0.15) is 13.2 Å². The zero-order valence-corrected chi connectivity index (χ0v) is 17.3. The average molecular weight is 408 g/mol. The van der Waals surface area contributed by atoms with Gasteiger partial charge in [0.15, 0.2) is 11.5 Å². The Balaban J connectivity index is 1.36. The molecular formula is C24H28N2O4. The van der Waals surface area contributed by atoms with Crippen LogP contribution in [-0.2, 0) is 10.2 Å². The zero-order chi connectivity index (χ0) is 21.0. The third kappa shape index (κ3) is 4.42. The van der Waals surface area contributed by atoms with Crippen LogP contribution in [0.25, 0.3) is 0 Å². The molecule has 158 valence electrons. The Morgan fingerprint density at radius 2 is 1.63 bits per heavy atom. The highest BCUT2D eigenvalue weighted by Gasteiger charge is 2.36. The van der Waals surface area contributed by atoms with Crippen LogP contribution in [0.4, 0.5) is 0 Å². The highest BCUT2D eigenvalue weighted by molar-refractivity contribution is 5.96. The van der Waals surface area contributed by atoms with Crippen LogP contribution in [-0.4, -0.2) is 38.1 Å². The number of hydrogen-bond donors (Lipinski definition) is 2. The summed E-state index contributed by atoms with van der Waals surface area (Å²) >= 11 is 0. The smallest absolute Gasteiger partial charge is 0.251 e. The number of carbonyl (C=O) groups excluding carboxylic acids is 2. The molecular weight excluding hydrogens is 380 g/mol. The van der Waals surface area contributed by atoms with Gasteiger partial charge in [-0.3, -0.25) is 9.59 Å². The van der Waals surface area contributed by atoms with Crippen LogP contribution in [0.5, 0.6) is 11.5 Å². The number of amides is 2. The Morgan fingerprint density at radius 1 is 0.933 bits per heavy atom. The molecule has 0 radical (unpaired) electrons. The van der Waals surface area contributed by atoms with Crippen molar-refractivity contribution in [2.24, 2.45) is 0 Å². The molecule has 1 saturated carbocycles. The Morgan fingerprint density at radius 3 is 2.37 bits per heavy atom. The largest absolute Gasteiger partial charge is 0.486 e. The fourth-order valence-corrected chi connectivity index (χ4v) is 4.29. The maximum Gasteiger partial charge on any atom is 0.251 e. The number of hydrogen-bond acceptors (Lipinski definition) is 4. The molecule has 2 aromatic carbocycles. The number of carbonyl (C=O) groups is 2. The molecule has 6 heteroatoms. The van der Waals surface area contributed by atoms with Gasteiger partial charge >= 0.3 is 0 Å². The number of fused-ring (bicyclic) bond motifs is 1. The number of nitrogens with one attached hydrogen (secondary N) is 2. The third-order valence-electron chi connectivity index (χ3n) is 6.06. The molecule has 1 aliphatic heterocycles. The quantitative estimate of drug-likeness (QED) is 0.770. The summed E-state index contributed by atoms with van der Waals surface area (Å²) in [6.45, 7) is 3.61. The van der Waals surface area contributed by atoms with Crippen molar-refractivity contribution in [2.75, 3.05) is 26.3 Å². The number of aryl methyl sites for hydroxylation is 1. The van der Waals surface area contributed by atoms with Crippen molar-refractivity contribution in [2.45, 2.75) is 38.0 Å². The van der Waals surface area contributed by atoms with Gasteiger partial charge in [0.05, 0.1) is 6.54 Å². The fraction of sp³-hybridized carbons (Fsp3) is 0.417. The van der Waals surface area contributed by atoms with Gasteiger partial charge in [-0.05, 0) is 49.6 Å². The molecule has 1 aliphatic carbocycles. The second kappa shape index (κ2) is 8.78. The molecule has 2 amide bonds. The minimum absolute atomic E-state index is 0.0378. The topological polar surface area (TPSA) is 76.7 Å². The van der Waals surface area contributed by atoms with E-state index in [1.54, 1.807) is 12.1 Å². The van der Waals surface area contributed by atoms with Gasteiger partial charge in [-0.15, -0.1) is 0 Å². The van der Waals surface area contributed by atoms with Crippen molar-refractivity contribution in [1.29, 1.82) is 0 Å². The van der Waals surface area contributed by atoms with E-state index in [0.717, 1.165) is 42.7 Å². The lowest BCUT2D eigenvalue weighted by atomic mass is 9.78. The standard InChI is InChI=1S/C24H28N2O4/c1-17-4-6-18(7-5-17)23(28)25-15-22(27)26-16-24(10-2-3-11-24)19-8-9-20-21(14-19)30-13-12-29-20/h4-9,14H,2-3,10-13,15-16H2,1H3,(H,25,28)(H,26,27). The highest BCUT2D eigenvalue weighted by atomic mass is 16.6. The zero-order valence-electron chi connectivity index (χ0n) is 17.3. The molecule has 0 saturated heterocycles. The van der Waals surface area contributed by atoms with Crippen molar-refractivity contribution in [3.8, 4) is 11.5 Å². The molecule has 0 atom stereocenters. The van der Waals surface area contributed by atoms with Crippen LogP contribution >= 0.6 is 0 Å². The summed E-state index contributed by atoms with van der Waals surface area (Å²) in [5.74, 6) is 1.13. The Hall–Kier alpha value is -3.02. The van der Waals surface area contributed by atoms with Crippen LogP contribution in [0, 0.1) is 6.92 Å². The lowest BCUT2D eigenvalue weighted by Gasteiger charge is -2.31. The fourth-order valence-electron chi connectivity index (χ4n) is 4.29. The van der Waals surface area contributed by atoms with E-state index >= 15 is 0 Å². The molecule has 0 bridgehead atoms. The molecule has 0 aromatic heterocycles. The van der Waals surface area contributed by atoms with E-state index in [4.69, 9.17) is 9.47 Å². The van der Waals surface area contributed by atoms with Crippen LogP contribution in [0.2, 0.25) is 0 Å². The van der Waals surface area contributed by atoms with Gasteiger partial charge in [0.25, 0.3) is 5.91 Å². The van der Waals surface area contributed by atoms with Crippen molar-refractivity contribution in [3.05, 3.63) is 59.2 Å². The van der Waals surface area contributed by atoms with Crippen molar-refractivity contribution < 1.29 is 19.1 Å². The number of benzene rings is 2. The van der Waals surface area contributed by atoms with E-state index in [2.05, 4.69) is 22.8 Å². The van der Waals surface area contributed by atoms with Gasteiger partial charge in [-0.2, -0.15) is 0 Å². The lowest BCUT2D eigenvalue weighted by Crippen LogP contribution is -2.43. The van der Waals surface area contributed by atoms with Gasteiger partial charge in [-0.1, -0.05) is 36.6 Å². The Labute approximate surface area is 177 Å². The van der Waals surface area contributed by atoms with Crippen LogP contribution in [0.1, 0.15) is 47.2 Å². The monoisotopic (exact) mass is 408 g/mol. The summed E-state index contributed by atoms with van der Waals surface area (Å²) in [6, 6.07) is 13.4. The summed E-state index contributed by atoms with van der Waals surface area (Å²) in [6.07, 6.45) is 4.30. The predicted octanol–water partition coefficient (Wildman–Crippen LogP) is 3.12. The first-order valence-corrected chi connectivity index (χ1v) is 10.6. The van der Waals surface area contributed by atoms with Gasteiger partial charge in [0, 0.05) is 17.5 Å². The molecule has 2 aromatic rings. The summed E-state index contributed by atoms with van der Waals surface area (Å²) in [4.78, 5) is 24.7. The van der Waals surface area contributed by atoms with Gasteiger partial charge in [0.2, 0.25) is 5.91 Å². The SMILES string of the molecule is Cc1ccc(C(=O)NCC(=O)NCC2(c3ccc4c(c3)OCCO4)CCCC2)cc1. The minimum atomic E-state index is -0.243. The van der Waals surface area contributed by atoms with Crippen molar-refractivity contribution in [3.63, 3.8) is 0 Å². The summed E-state index contributed by atoms with van der Waals surface area (Å²) in [5.41, 5.74) is 2.71. The van der Waals surface area contributed by atoms with Crippen LogP contribution < -0.4 is 20.1 Å². The molecule has 2 N–H and O–H groups in total. The van der Waals surface area contributed by atoms with Crippen LogP contribution in [0.15, 0.2) is 42.5 Å². The maximum atomic E-state index is 12.4. The number of ether oxygens (including phenoxy) is 2. The maximum absolute atomic E-state index is 12.4. The normalized spacial score (nSPS) is 16.7. The summed E-state index contributed by atoms with van der Waals surface area (Å²) < 4.78 is 11.4. The molecule has 1 fully saturated rings. The number of rotatable bonds is 6. The Kier molecular flexibility index (Phi) is 5.93. The molecule has 4 rings (SSSR count). The van der Waals surface area contributed by atoms with E-state index < -0.39 is 0 Å². The summed E-state index contributed by atoms with van der Waals surface area (Å²) in [5, 5.41) is 5.73. The second-order valence-electron chi connectivity index (χ2n) is 8.17. The second-order valence-corrected chi connectivity index (χ2v) is 8.17. The first-order chi connectivity index (χ1) is 14.6. The predicted molar refractivity (Wildman–Crippen MR) is 114 cm³/mol. The minimum Gasteiger partial charge on any atom is -0.486 e.